The summed E-state index contributed by atoms with van der Waals surface area (Å²) in [4.78, 5) is 1.24. The van der Waals surface area contributed by atoms with E-state index in [0.717, 1.165) is 10.8 Å². The number of hydrogen-bond acceptors (Lipinski definition) is 2. The lowest BCUT2D eigenvalue weighted by molar-refractivity contribution is 0.422. The first kappa shape index (κ1) is 13.9. The van der Waals surface area contributed by atoms with E-state index >= 15 is 0 Å². The summed E-state index contributed by atoms with van der Waals surface area (Å²) in [6.45, 7) is 4.42. The first-order valence-electron chi connectivity index (χ1n) is 5.81. The van der Waals surface area contributed by atoms with Gasteiger partial charge in [0.1, 0.15) is 0 Å². The molecule has 0 radical (unpaired) electrons. The van der Waals surface area contributed by atoms with Gasteiger partial charge < -0.3 is 5.73 Å². The summed E-state index contributed by atoms with van der Waals surface area (Å²) >= 11 is 7.65. The first-order chi connectivity index (χ1) is 7.67. The van der Waals surface area contributed by atoms with E-state index in [1.165, 1.54) is 17.7 Å². The smallest absolute Gasteiger partial charge is 0.0406 e. The molecule has 0 heterocycles. The predicted molar refractivity (Wildman–Crippen MR) is 74.2 cm³/mol. The van der Waals surface area contributed by atoms with E-state index in [9.17, 15) is 0 Å². The second-order valence-electron chi connectivity index (χ2n) is 4.01. The van der Waals surface area contributed by atoms with Crippen molar-refractivity contribution < 1.29 is 0 Å². The van der Waals surface area contributed by atoms with E-state index in [-0.39, 0.29) is 6.04 Å². The van der Waals surface area contributed by atoms with E-state index in [4.69, 9.17) is 17.3 Å². The lowest BCUT2D eigenvalue weighted by atomic mass is 9.96. The summed E-state index contributed by atoms with van der Waals surface area (Å²) in [6, 6.07) is 8.23. The summed E-state index contributed by atoms with van der Waals surface area (Å²) in [6.07, 6.45) is 2.33. The molecular formula is C13H20ClNS. The Hall–Kier alpha value is -0.180. The molecule has 1 rings (SSSR count). The zero-order chi connectivity index (χ0) is 12.0. The maximum absolute atomic E-state index is 6.17. The molecule has 1 nitrogen and oxygen atoms in total. The molecule has 16 heavy (non-hydrogen) atoms. The topological polar surface area (TPSA) is 26.0 Å². The van der Waals surface area contributed by atoms with E-state index < -0.39 is 0 Å². The van der Waals surface area contributed by atoms with Crippen LogP contribution >= 0.6 is 23.4 Å². The summed E-state index contributed by atoms with van der Waals surface area (Å²) in [5.41, 5.74) is 6.17. The molecule has 1 aromatic rings. The SMILES string of the molecule is CCC(CC)C(N)CSc1ccc(Cl)cc1. The van der Waals surface area contributed by atoms with Crippen molar-refractivity contribution in [2.45, 2.75) is 37.6 Å². The van der Waals surface area contributed by atoms with Gasteiger partial charge >= 0.3 is 0 Å². The fourth-order valence-corrected chi connectivity index (χ4v) is 2.87. The zero-order valence-electron chi connectivity index (χ0n) is 9.95. The highest BCUT2D eigenvalue weighted by Gasteiger charge is 2.13. The summed E-state index contributed by atoms with van der Waals surface area (Å²) < 4.78 is 0. The van der Waals surface area contributed by atoms with Crippen LogP contribution in [0.5, 0.6) is 0 Å². The third-order valence-corrected chi connectivity index (χ3v) is 4.32. The van der Waals surface area contributed by atoms with Crippen LogP contribution in [0.4, 0.5) is 0 Å². The number of rotatable bonds is 6. The molecule has 0 spiro atoms. The van der Waals surface area contributed by atoms with Gasteiger partial charge in [0.05, 0.1) is 0 Å². The van der Waals surface area contributed by atoms with E-state index in [1.54, 1.807) is 0 Å². The van der Waals surface area contributed by atoms with Crippen LogP contribution in [0.25, 0.3) is 0 Å². The highest BCUT2D eigenvalue weighted by Crippen LogP contribution is 2.23. The molecular weight excluding hydrogens is 238 g/mol. The lowest BCUT2D eigenvalue weighted by Crippen LogP contribution is -2.31. The molecule has 1 atom stereocenters. The van der Waals surface area contributed by atoms with Crippen LogP contribution in [-0.4, -0.2) is 11.8 Å². The van der Waals surface area contributed by atoms with Crippen LogP contribution in [0.15, 0.2) is 29.2 Å². The molecule has 3 heteroatoms. The first-order valence-corrected chi connectivity index (χ1v) is 7.17. The van der Waals surface area contributed by atoms with Crippen molar-refractivity contribution in [3.8, 4) is 0 Å². The zero-order valence-corrected chi connectivity index (χ0v) is 11.5. The molecule has 0 fully saturated rings. The Morgan fingerprint density at radius 3 is 2.25 bits per heavy atom. The molecule has 0 aromatic heterocycles. The number of hydrogen-bond donors (Lipinski definition) is 1. The fraction of sp³-hybridized carbons (Fsp3) is 0.538. The number of halogens is 1. The summed E-state index contributed by atoms with van der Waals surface area (Å²) in [7, 11) is 0. The molecule has 0 aliphatic rings. The Morgan fingerprint density at radius 1 is 1.19 bits per heavy atom. The largest absolute Gasteiger partial charge is 0.327 e. The monoisotopic (exact) mass is 257 g/mol. The van der Waals surface area contributed by atoms with E-state index in [1.807, 2.05) is 36.0 Å². The lowest BCUT2D eigenvalue weighted by Gasteiger charge is -2.20. The quantitative estimate of drug-likeness (QED) is 0.773. The van der Waals surface area contributed by atoms with Crippen LogP contribution in [0.3, 0.4) is 0 Å². The Bertz CT molecular complexity index is 295. The Morgan fingerprint density at radius 2 is 1.75 bits per heavy atom. The second kappa shape index (κ2) is 7.21. The average Bonchev–Trinajstić information content (AvgIpc) is 2.30. The van der Waals surface area contributed by atoms with Gasteiger partial charge in [0.25, 0.3) is 0 Å². The standard InChI is InChI=1S/C13H20ClNS/c1-3-10(4-2)13(15)9-16-12-7-5-11(14)6-8-12/h5-8,10,13H,3-4,9,15H2,1-2H3. The van der Waals surface area contributed by atoms with Crippen molar-refractivity contribution in [1.82, 2.24) is 0 Å². The van der Waals surface area contributed by atoms with E-state index in [0.29, 0.717) is 5.92 Å². The van der Waals surface area contributed by atoms with Crippen LogP contribution in [0.2, 0.25) is 5.02 Å². The maximum atomic E-state index is 6.17. The molecule has 0 saturated heterocycles. The van der Waals surface area contributed by atoms with Gasteiger partial charge in [-0.05, 0) is 30.2 Å². The molecule has 0 bridgehead atoms. The third-order valence-electron chi connectivity index (χ3n) is 2.91. The van der Waals surface area contributed by atoms with Gasteiger partial charge in [-0.15, -0.1) is 11.8 Å². The van der Waals surface area contributed by atoms with Gasteiger partial charge in [0, 0.05) is 21.7 Å². The minimum Gasteiger partial charge on any atom is -0.327 e. The fourth-order valence-electron chi connectivity index (χ4n) is 1.75. The molecule has 2 N–H and O–H groups in total. The van der Waals surface area contributed by atoms with Gasteiger partial charge in [0.2, 0.25) is 0 Å². The third kappa shape index (κ3) is 4.36. The number of benzene rings is 1. The van der Waals surface area contributed by atoms with Crippen molar-refractivity contribution in [2.75, 3.05) is 5.75 Å². The molecule has 0 aliphatic carbocycles. The van der Waals surface area contributed by atoms with Gasteiger partial charge in [-0.2, -0.15) is 0 Å². The van der Waals surface area contributed by atoms with Crippen molar-refractivity contribution in [3.63, 3.8) is 0 Å². The molecule has 1 unspecified atom stereocenters. The van der Waals surface area contributed by atoms with Crippen molar-refractivity contribution in [3.05, 3.63) is 29.3 Å². The van der Waals surface area contributed by atoms with Crippen LogP contribution in [0.1, 0.15) is 26.7 Å². The second-order valence-corrected chi connectivity index (χ2v) is 5.54. The predicted octanol–water partition coefficient (Wildman–Crippen LogP) is 4.20. The van der Waals surface area contributed by atoms with Crippen molar-refractivity contribution in [1.29, 1.82) is 0 Å². The Labute approximate surface area is 108 Å². The van der Waals surface area contributed by atoms with Gasteiger partial charge in [-0.3, -0.25) is 0 Å². The Kier molecular flexibility index (Phi) is 6.25. The average molecular weight is 258 g/mol. The highest BCUT2D eigenvalue weighted by molar-refractivity contribution is 7.99. The highest BCUT2D eigenvalue weighted by atomic mass is 35.5. The van der Waals surface area contributed by atoms with E-state index in [2.05, 4.69) is 13.8 Å². The van der Waals surface area contributed by atoms with Gasteiger partial charge in [0.15, 0.2) is 0 Å². The molecule has 90 valence electrons. The minimum absolute atomic E-state index is 0.288. The number of thioether (sulfide) groups is 1. The van der Waals surface area contributed by atoms with Crippen molar-refractivity contribution in [2.24, 2.45) is 11.7 Å². The Balaban J connectivity index is 2.42. The van der Waals surface area contributed by atoms with Crippen LogP contribution < -0.4 is 5.73 Å². The van der Waals surface area contributed by atoms with Gasteiger partial charge in [-0.1, -0.05) is 38.3 Å². The number of nitrogens with two attached hydrogens (primary N) is 1. The molecule has 0 amide bonds. The van der Waals surface area contributed by atoms with Gasteiger partial charge in [-0.25, -0.2) is 0 Å². The molecule has 0 aliphatic heterocycles. The van der Waals surface area contributed by atoms with Crippen molar-refractivity contribution >= 4 is 23.4 Å². The molecule has 1 aromatic carbocycles. The van der Waals surface area contributed by atoms with Crippen LogP contribution in [-0.2, 0) is 0 Å². The summed E-state index contributed by atoms with van der Waals surface area (Å²) in [5.74, 6) is 1.62. The summed E-state index contributed by atoms with van der Waals surface area (Å²) in [5, 5.41) is 0.786. The maximum Gasteiger partial charge on any atom is 0.0406 e. The normalized spacial score (nSPS) is 13.1. The van der Waals surface area contributed by atoms with Crippen LogP contribution in [0, 0.1) is 5.92 Å². The minimum atomic E-state index is 0.288. The molecule has 0 saturated carbocycles.